The predicted molar refractivity (Wildman–Crippen MR) is 147 cm³/mol. The van der Waals surface area contributed by atoms with Crippen molar-refractivity contribution in [3.63, 3.8) is 0 Å². The fraction of sp³-hybridized carbons (Fsp3) is 0.393. The summed E-state index contributed by atoms with van der Waals surface area (Å²) in [7, 11) is 0.678. The molecule has 2 N–H and O–H groups in total. The highest BCUT2D eigenvalue weighted by atomic mass is 31.2. The molecule has 3 aliphatic heterocycles. The van der Waals surface area contributed by atoms with Crippen LogP contribution in [0.25, 0.3) is 21.9 Å². The van der Waals surface area contributed by atoms with E-state index in [-0.39, 0.29) is 31.3 Å². The smallest absolute Gasteiger partial charge is 0.470 e. The van der Waals surface area contributed by atoms with Crippen LogP contribution in [0.3, 0.4) is 0 Å². The monoisotopic (exact) mass is 620 g/mol. The average molecular weight is 621 g/mol. The lowest BCUT2D eigenvalue weighted by atomic mass is 9.89. The van der Waals surface area contributed by atoms with Crippen LogP contribution < -0.4 is 23.7 Å². The van der Waals surface area contributed by atoms with Gasteiger partial charge in [-0.3, -0.25) is 4.52 Å². The van der Waals surface area contributed by atoms with E-state index in [2.05, 4.69) is 0 Å². The highest BCUT2D eigenvalue weighted by Crippen LogP contribution is 2.50. The first-order chi connectivity index (χ1) is 20.7. The molecule has 4 atom stereocenters. The van der Waals surface area contributed by atoms with Gasteiger partial charge in [0.15, 0.2) is 29.1 Å². The molecule has 0 spiro atoms. The number of fused-ring (bicyclic) bond motifs is 3. The fourth-order valence-corrected chi connectivity index (χ4v) is 6.15. The first-order valence-electron chi connectivity index (χ1n) is 13.1. The molecule has 6 rings (SSSR count). The van der Waals surface area contributed by atoms with Crippen LogP contribution in [0.2, 0.25) is 0 Å². The highest BCUT2D eigenvalue weighted by molar-refractivity contribution is 7.46. The van der Waals surface area contributed by atoms with Crippen LogP contribution in [0.4, 0.5) is 0 Å². The summed E-state index contributed by atoms with van der Waals surface area (Å²) in [6.07, 6.45) is -4.51. The maximum absolute atomic E-state index is 13.3. The average Bonchev–Trinajstić information content (AvgIpc) is 3.62. The van der Waals surface area contributed by atoms with E-state index in [4.69, 9.17) is 47.2 Å². The van der Waals surface area contributed by atoms with E-state index in [1.54, 1.807) is 30.3 Å². The van der Waals surface area contributed by atoms with Crippen LogP contribution >= 0.6 is 7.82 Å². The minimum atomic E-state index is -5.05. The number of esters is 1. The molecule has 0 amide bonds. The number of benzene rings is 3. The molecule has 3 aromatic rings. The van der Waals surface area contributed by atoms with Gasteiger partial charge in [0.25, 0.3) is 0 Å². The molecule has 3 heterocycles. The zero-order chi connectivity index (χ0) is 30.5. The molecule has 230 valence electrons. The largest absolute Gasteiger partial charge is 0.493 e. The van der Waals surface area contributed by atoms with Crippen molar-refractivity contribution in [3.05, 3.63) is 41.5 Å². The maximum Gasteiger partial charge on any atom is 0.470 e. The van der Waals surface area contributed by atoms with Gasteiger partial charge in [0.2, 0.25) is 13.1 Å². The molecule has 14 nitrogen and oxygen atoms in total. The Kier molecular flexibility index (Phi) is 7.86. The van der Waals surface area contributed by atoms with E-state index in [0.717, 1.165) is 0 Å². The Morgan fingerprint density at radius 2 is 1.58 bits per heavy atom. The summed E-state index contributed by atoms with van der Waals surface area (Å²) >= 11 is 0. The maximum atomic E-state index is 13.3. The summed E-state index contributed by atoms with van der Waals surface area (Å²) in [4.78, 5) is 32.7. The van der Waals surface area contributed by atoms with Gasteiger partial charge in [0.05, 0.1) is 26.4 Å². The van der Waals surface area contributed by atoms with Crippen molar-refractivity contribution in [2.24, 2.45) is 0 Å². The van der Waals surface area contributed by atoms with Crippen LogP contribution in [0.15, 0.2) is 30.3 Å². The van der Waals surface area contributed by atoms with Gasteiger partial charge in [-0.1, -0.05) is 6.07 Å². The lowest BCUT2D eigenvalue weighted by molar-refractivity contribution is -0.247. The summed E-state index contributed by atoms with van der Waals surface area (Å²) in [6.45, 7) is -0.109. The van der Waals surface area contributed by atoms with Gasteiger partial charge in [0, 0.05) is 30.7 Å². The molecule has 1 fully saturated rings. The first-order valence-corrected chi connectivity index (χ1v) is 14.6. The van der Waals surface area contributed by atoms with Gasteiger partial charge in [-0.15, -0.1) is 0 Å². The molecule has 1 saturated heterocycles. The van der Waals surface area contributed by atoms with Crippen LogP contribution in [0, 0.1) is 0 Å². The van der Waals surface area contributed by atoms with Crippen LogP contribution in [0.5, 0.6) is 28.7 Å². The second-order valence-corrected chi connectivity index (χ2v) is 11.0. The van der Waals surface area contributed by atoms with Crippen molar-refractivity contribution in [1.29, 1.82) is 0 Å². The zero-order valence-electron chi connectivity index (χ0n) is 23.6. The summed E-state index contributed by atoms with van der Waals surface area (Å²) in [5.41, 5.74) is 1.79. The van der Waals surface area contributed by atoms with Gasteiger partial charge < -0.3 is 52.4 Å². The van der Waals surface area contributed by atoms with E-state index < -0.39 is 38.4 Å². The third-order valence-electron chi connectivity index (χ3n) is 7.53. The Balaban J connectivity index is 1.57. The number of ether oxygens (including phenoxy) is 9. The Hall–Kier alpha value is -3.62. The first kappa shape index (κ1) is 29.5. The Bertz CT molecular complexity index is 1620. The third-order valence-corrected chi connectivity index (χ3v) is 8.05. The van der Waals surface area contributed by atoms with Crippen LogP contribution in [0.1, 0.15) is 15.9 Å². The second-order valence-electron chi connectivity index (χ2n) is 9.81. The summed E-state index contributed by atoms with van der Waals surface area (Å²) in [6, 6.07) is 8.70. The highest BCUT2D eigenvalue weighted by Gasteiger charge is 2.47. The molecule has 3 aliphatic rings. The van der Waals surface area contributed by atoms with E-state index in [1.807, 2.05) is 0 Å². The topological polar surface area (TPSA) is 167 Å². The Morgan fingerprint density at radius 3 is 2.26 bits per heavy atom. The third kappa shape index (κ3) is 5.25. The molecular formula is C28H29O14P. The number of carbonyl (C=O) groups excluding carboxylic acids is 1. The molecule has 15 heteroatoms. The molecule has 0 saturated carbocycles. The molecule has 0 bridgehead atoms. The van der Waals surface area contributed by atoms with E-state index in [0.29, 0.717) is 50.5 Å². The number of rotatable bonds is 9. The number of hydrogen-bond donors (Lipinski definition) is 2. The molecule has 3 aromatic carbocycles. The van der Waals surface area contributed by atoms with Gasteiger partial charge in [-0.05, 0) is 35.2 Å². The molecular weight excluding hydrogens is 591 g/mol. The summed E-state index contributed by atoms with van der Waals surface area (Å²) in [5.74, 6) is 1.40. The lowest BCUT2D eigenvalue weighted by Crippen LogP contribution is -2.57. The second kappa shape index (κ2) is 11.5. The Labute approximate surface area is 245 Å². The number of phosphoric acid groups is 1. The van der Waals surface area contributed by atoms with Gasteiger partial charge in [-0.25, -0.2) is 9.36 Å². The number of hydrogen-bond acceptors (Lipinski definition) is 12. The van der Waals surface area contributed by atoms with Crippen molar-refractivity contribution in [1.82, 2.24) is 0 Å². The fourth-order valence-electron chi connectivity index (χ4n) is 5.61. The SMILES string of the molecule is COc1cc2c(OC3OCC(OC)C(OC)C3OP(=O)(O)O)c3c(c(-c4ccc5c(c4)OCO5)c2cc1OC)C(=O)OC3. The summed E-state index contributed by atoms with van der Waals surface area (Å²) in [5, 5.41) is 1.01. The molecule has 43 heavy (non-hydrogen) atoms. The van der Waals surface area contributed by atoms with Crippen molar-refractivity contribution >= 4 is 24.6 Å². The molecule has 0 radical (unpaired) electrons. The zero-order valence-corrected chi connectivity index (χ0v) is 24.5. The lowest BCUT2D eigenvalue weighted by Gasteiger charge is -2.40. The number of cyclic esters (lactones) is 1. The molecule has 0 aromatic heterocycles. The number of methoxy groups -OCH3 is 4. The van der Waals surface area contributed by atoms with Crippen molar-refractivity contribution < 1.29 is 66.3 Å². The Morgan fingerprint density at radius 1 is 0.860 bits per heavy atom. The van der Waals surface area contributed by atoms with Crippen molar-refractivity contribution in [3.8, 4) is 39.9 Å². The van der Waals surface area contributed by atoms with Crippen molar-refractivity contribution in [2.45, 2.75) is 31.2 Å². The van der Waals surface area contributed by atoms with Gasteiger partial charge in [-0.2, -0.15) is 0 Å². The standard InChI is InChI=1S/C28H29O14P/c1-33-18-8-14-15(9-19(18)34-2)24(41-28-26(42-43(30,31)32)25(36-4)21(35-3)11-38-28)16-10-37-27(29)23(16)22(14)13-5-6-17-20(7-13)40-12-39-17/h5-9,21,25-26,28H,10-12H2,1-4H3,(H2,30,31,32). The number of phosphoric ester groups is 1. The normalized spacial score (nSPS) is 22.8. The summed E-state index contributed by atoms with van der Waals surface area (Å²) < 4.78 is 68.0. The minimum absolute atomic E-state index is 0.0390. The van der Waals surface area contributed by atoms with Crippen LogP contribution in [-0.4, -0.2) is 82.2 Å². The van der Waals surface area contributed by atoms with E-state index in [9.17, 15) is 19.1 Å². The predicted octanol–water partition coefficient (Wildman–Crippen LogP) is 3.17. The molecule has 0 aliphatic carbocycles. The van der Waals surface area contributed by atoms with E-state index in [1.165, 1.54) is 28.4 Å². The van der Waals surface area contributed by atoms with E-state index >= 15 is 0 Å². The van der Waals surface area contributed by atoms with Crippen molar-refractivity contribution in [2.75, 3.05) is 41.8 Å². The minimum Gasteiger partial charge on any atom is -0.493 e. The number of carbonyl (C=O) groups is 1. The van der Waals surface area contributed by atoms with Crippen LogP contribution in [-0.2, 0) is 34.6 Å². The quantitative estimate of drug-likeness (QED) is 0.264. The van der Waals surface area contributed by atoms with Gasteiger partial charge >= 0.3 is 13.8 Å². The molecule has 4 unspecified atom stereocenters. The van der Waals surface area contributed by atoms with Gasteiger partial charge in [0.1, 0.15) is 24.6 Å².